The second-order valence-electron chi connectivity index (χ2n) is 7.90. The summed E-state index contributed by atoms with van der Waals surface area (Å²) in [6.45, 7) is 0. The summed E-state index contributed by atoms with van der Waals surface area (Å²) in [5.74, 6) is 1.81. The number of aromatic nitrogens is 1. The van der Waals surface area contributed by atoms with E-state index in [-0.39, 0.29) is 10.6 Å². The Morgan fingerprint density at radius 3 is 2.88 bits per heavy atom. The monoisotopic (exact) mass is 325 g/mol. The lowest BCUT2D eigenvalue weighted by molar-refractivity contribution is -0.384. The van der Waals surface area contributed by atoms with Crippen molar-refractivity contribution in [2.75, 3.05) is 0 Å². The molecule has 5 rings (SSSR count). The second-order valence-corrected chi connectivity index (χ2v) is 7.90. The van der Waals surface area contributed by atoms with Gasteiger partial charge in [-0.1, -0.05) is 6.42 Å². The van der Waals surface area contributed by atoms with Crippen LogP contribution in [-0.4, -0.2) is 15.9 Å². The average molecular weight is 325 g/mol. The number of hydrogen-bond donors (Lipinski definition) is 2. The highest BCUT2D eigenvalue weighted by molar-refractivity contribution is 5.87. The van der Waals surface area contributed by atoms with Crippen molar-refractivity contribution in [3.8, 4) is 0 Å². The minimum atomic E-state index is -0.299. The molecule has 0 radical (unpaired) electrons. The highest BCUT2D eigenvalue weighted by Gasteiger charge is 2.40. The lowest BCUT2D eigenvalue weighted by Crippen LogP contribution is -2.38. The van der Waals surface area contributed by atoms with Crippen LogP contribution in [0.3, 0.4) is 0 Å². The maximum absolute atomic E-state index is 11.1. The van der Waals surface area contributed by atoms with Gasteiger partial charge < -0.3 is 10.3 Å². The highest BCUT2D eigenvalue weighted by atomic mass is 16.6. The van der Waals surface area contributed by atoms with E-state index in [0.717, 1.165) is 42.0 Å². The van der Waals surface area contributed by atoms with E-state index in [4.69, 9.17) is 0 Å². The smallest absolute Gasteiger partial charge is 0.270 e. The number of benzene rings is 1. The molecule has 1 heterocycles. The number of aryl methyl sites for hydroxylation is 1. The first kappa shape index (κ1) is 14.5. The van der Waals surface area contributed by atoms with E-state index in [1.54, 1.807) is 12.1 Å². The molecular weight excluding hydrogens is 302 g/mol. The summed E-state index contributed by atoms with van der Waals surface area (Å²) in [5, 5.41) is 16.1. The molecule has 2 fully saturated rings. The maximum Gasteiger partial charge on any atom is 0.270 e. The number of rotatable bonds is 3. The third-order valence-electron chi connectivity index (χ3n) is 6.55. The van der Waals surface area contributed by atoms with Crippen molar-refractivity contribution < 1.29 is 4.92 Å². The highest BCUT2D eigenvalue weighted by Crippen LogP contribution is 2.46. The van der Waals surface area contributed by atoms with Gasteiger partial charge in [0.2, 0.25) is 0 Å². The maximum atomic E-state index is 11.1. The molecule has 0 spiro atoms. The van der Waals surface area contributed by atoms with Crippen molar-refractivity contribution in [2.24, 2.45) is 11.8 Å². The molecule has 3 aliphatic rings. The molecule has 5 nitrogen and oxygen atoms in total. The van der Waals surface area contributed by atoms with E-state index in [1.807, 2.05) is 6.07 Å². The Kier molecular flexibility index (Phi) is 3.20. The molecule has 4 atom stereocenters. The van der Waals surface area contributed by atoms with Gasteiger partial charge in [-0.2, -0.15) is 0 Å². The molecule has 2 aromatic rings. The number of nitro benzene ring substituents is 1. The predicted molar refractivity (Wildman–Crippen MR) is 93.0 cm³/mol. The van der Waals surface area contributed by atoms with Crippen LogP contribution >= 0.6 is 0 Å². The SMILES string of the molecule is O=[N+]([O-])c1ccc2[nH]c3c(c2c1)CCCC3NC1CC2CCC1C2. The summed E-state index contributed by atoms with van der Waals surface area (Å²) in [5.41, 5.74) is 3.79. The van der Waals surface area contributed by atoms with Crippen molar-refractivity contribution in [3.63, 3.8) is 0 Å². The van der Waals surface area contributed by atoms with Crippen LogP contribution in [0.25, 0.3) is 10.9 Å². The fraction of sp³-hybridized carbons (Fsp3) is 0.579. The molecule has 2 N–H and O–H groups in total. The third-order valence-corrected chi connectivity index (χ3v) is 6.55. The van der Waals surface area contributed by atoms with Crippen LogP contribution < -0.4 is 5.32 Å². The standard InChI is InChI=1S/C19H23N3O2/c23-22(24)13-6-7-16-15(10-13)14-2-1-3-17(19(14)21-16)20-18-9-11-4-5-12(18)8-11/h6-7,10-12,17-18,20-21H,1-5,8-9H2. The number of fused-ring (bicyclic) bond motifs is 5. The normalized spacial score (nSPS) is 31.5. The van der Waals surface area contributed by atoms with Gasteiger partial charge in [0, 0.05) is 40.8 Å². The summed E-state index contributed by atoms with van der Waals surface area (Å²) in [6, 6.07) is 6.25. The molecule has 0 aliphatic heterocycles. The Bertz CT molecular complexity index is 812. The molecule has 0 saturated heterocycles. The average Bonchev–Trinajstić information content (AvgIpc) is 3.28. The van der Waals surface area contributed by atoms with Gasteiger partial charge in [0.05, 0.1) is 4.92 Å². The van der Waals surface area contributed by atoms with E-state index < -0.39 is 0 Å². The number of nitrogens with one attached hydrogen (secondary N) is 2. The molecule has 2 saturated carbocycles. The Morgan fingerprint density at radius 1 is 1.21 bits per heavy atom. The molecule has 24 heavy (non-hydrogen) atoms. The van der Waals surface area contributed by atoms with Crippen LogP contribution in [-0.2, 0) is 6.42 Å². The molecule has 2 bridgehead atoms. The van der Waals surface area contributed by atoms with Crippen LogP contribution in [0.5, 0.6) is 0 Å². The van der Waals surface area contributed by atoms with Crippen LogP contribution in [0.1, 0.15) is 55.8 Å². The van der Waals surface area contributed by atoms with Crippen molar-refractivity contribution in [2.45, 2.75) is 57.0 Å². The second kappa shape index (κ2) is 5.31. The topological polar surface area (TPSA) is 71.0 Å². The van der Waals surface area contributed by atoms with Gasteiger partial charge in [-0.25, -0.2) is 0 Å². The van der Waals surface area contributed by atoms with Crippen molar-refractivity contribution in [1.82, 2.24) is 10.3 Å². The molecule has 1 aromatic heterocycles. The Balaban J connectivity index is 1.48. The van der Waals surface area contributed by atoms with Crippen LogP contribution in [0.15, 0.2) is 18.2 Å². The lowest BCUT2D eigenvalue weighted by atomic mass is 9.89. The quantitative estimate of drug-likeness (QED) is 0.655. The van der Waals surface area contributed by atoms with E-state index in [9.17, 15) is 10.1 Å². The van der Waals surface area contributed by atoms with Gasteiger partial charge in [-0.3, -0.25) is 10.1 Å². The third kappa shape index (κ3) is 2.18. The summed E-state index contributed by atoms with van der Waals surface area (Å²) in [6.07, 6.45) is 8.90. The van der Waals surface area contributed by atoms with Crippen LogP contribution in [0.4, 0.5) is 5.69 Å². The van der Waals surface area contributed by atoms with E-state index >= 15 is 0 Å². The van der Waals surface area contributed by atoms with E-state index in [1.165, 1.54) is 36.9 Å². The zero-order chi connectivity index (χ0) is 16.3. The fourth-order valence-electron chi connectivity index (χ4n) is 5.44. The van der Waals surface area contributed by atoms with Crippen LogP contribution in [0.2, 0.25) is 0 Å². The number of nitrogens with zero attached hydrogens (tertiary/aromatic N) is 1. The van der Waals surface area contributed by atoms with Gasteiger partial charge in [-0.15, -0.1) is 0 Å². The summed E-state index contributed by atoms with van der Waals surface area (Å²) in [7, 11) is 0. The first-order valence-corrected chi connectivity index (χ1v) is 9.24. The number of nitro groups is 1. The predicted octanol–water partition coefficient (Wildman–Crippen LogP) is 4.23. The zero-order valence-corrected chi connectivity index (χ0v) is 13.8. The number of H-pyrrole nitrogens is 1. The minimum absolute atomic E-state index is 0.187. The molecule has 1 aromatic carbocycles. The molecule has 4 unspecified atom stereocenters. The lowest BCUT2D eigenvalue weighted by Gasteiger charge is -2.31. The minimum Gasteiger partial charge on any atom is -0.357 e. The van der Waals surface area contributed by atoms with Crippen molar-refractivity contribution in [3.05, 3.63) is 39.6 Å². The Morgan fingerprint density at radius 2 is 2.12 bits per heavy atom. The first-order valence-electron chi connectivity index (χ1n) is 9.24. The first-order chi connectivity index (χ1) is 11.7. The number of hydrogen-bond acceptors (Lipinski definition) is 3. The fourth-order valence-corrected chi connectivity index (χ4v) is 5.44. The summed E-state index contributed by atoms with van der Waals surface area (Å²) < 4.78 is 0. The number of non-ortho nitro benzene ring substituents is 1. The van der Waals surface area contributed by atoms with Crippen molar-refractivity contribution in [1.29, 1.82) is 0 Å². The molecule has 5 heteroatoms. The molecule has 126 valence electrons. The van der Waals surface area contributed by atoms with Gasteiger partial charge in [0.1, 0.15) is 0 Å². The molecule has 0 amide bonds. The zero-order valence-electron chi connectivity index (χ0n) is 13.8. The Labute approximate surface area is 141 Å². The summed E-state index contributed by atoms with van der Waals surface area (Å²) in [4.78, 5) is 14.4. The molecular formula is C19H23N3O2. The summed E-state index contributed by atoms with van der Waals surface area (Å²) >= 11 is 0. The van der Waals surface area contributed by atoms with Crippen molar-refractivity contribution >= 4 is 16.6 Å². The Hall–Kier alpha value is -1.88. The van der Waals surface area contributed by atoms with Gasteiger partial charge in [-0.05, 0) is 62.0 Å². The van der Waals surface area contributed by atoms with Gasteiger partial charge in [0.15, 0.2) is 0 Å². The van der Waals surface area contributed by atoms with Gasteiger partial charge >= 0.3 is 0 Å². The van der Waals surface area contributed by atoms with E-state index in [0.29, 0.717) is 12.1 Å². The number of aromatic amines is 1. The van der Waals surface area contributed by atoms with E-state index in [2.05, 4.69) is 10.3 Å². The van der Waals surface area contributed by atoms with Gasteiger partial charge in [0.25, 0.3) is 5.69 Å². The largest absolute Gasteiger partial charge is 0.357 e. The van der Waals surface area contributed by atoms with Crippen LogP contribution in [0, 0.1) is 22.0 Å². The molecule has 3 aliphatic carbocycles.